The summed E-state index contributed by atoms with van der Waals surface area (Å²) in [5, 5.41) is 8.69. The van der Waals surface area contributed by atoms with E-state index in [-0.39, 0.29) is 0 Å². The molecule has 0 saturated carbocycles. The third kappa shape index (κ3) is 4.84. The fourth-order valence-electron chi connectivity index (χ4n) is 2.54. The Morgan fingerprint density at radius 3 is 2.38 bits per heavy atom. The Kier molecular flexibility index (Phi) is 5.77. The van der Waals surface area contributed by atoms with Crippen LogP contribution in [0.2, 0.25) is 0 Å². The lowest BCUT2D eigenvalue weighted by Crippen LogP contribution is -2.26. The molecular weight excluding hydrogens is 198 g/mol. The van der Waals surface area contributed by atoms with Crippen molar-refractivity contribution in [3.05, 3.63) is 0 Å². The summed E-state index contributed by atoms with van der Waals surface area (Å²) in [6, 6.07) is 0. The van der Waals surface area contributed by atoms with E-state index < -0.39 is 0 Å². The number of likely N-dealkylation sites (tertiary alicyclic amines) is 1. The third-order valence-electron chi connectivity index (χ3n) is 3.88. The smallest absolute Gasteiger partial charge is 0.0431 e. The summed E-state index contributed by atoms with van der Waals surface area (Å²) >= 11 is 0. The van der Waals surface area contributed by atoms with Crippen LogP contribution in [-0.4, -0.2) is 36.2 Å². The second-order valence-electron chi connectivity index (χ2n) is 6.29. The zero-order valence-electron chi connectivity index (χ0n) is 11.3. The Balaban J connectivity index is 2.08. The zero-order valence-corrected chi connectivity index (χ0v) is 11.3. The van der Waals surface area contributed by atoms with Crippen molar-refractivity contribution in [1.82, 2.24) is 4.90 Å². The maximum Gasteiger partial charge on any atom is 0.0431 e. The number of hydrogen-bond donors (Lipinski definition) is 1. The van der Waals surface area contributed by atoms with Gasteiger partial charge >= 0.3 is 0 Å². The highest BCUT2D eigenvalue weighted by molar-refractivity contribution is 4.83. The van der Waals surface area contributed by atoms with Crippen molar-refractivity contribution in [2.75, 3.05) is 26.2 Å². The maximum atomic E-state index is 8.69. The van der Waals surface area contributed by atoms with Gasteiger partial charge in [-0.3, -0.25) is 0 Å². The average Bonchev–Trinajstić information content (AvgIpc) is 2.65. The van der Waals surface area contributed by atoms with Crippen molar-refractivity contribution in [3.8, 4) is 0 Å². The second kappa shape index (κ2) is 6.61. The van der Waals surface area contributed by atoms with Gasteiger partial charge in [-0.25, -0.2) is 0 Å². The van der Waals surface area contributed by atoms with Gasteiger partial charge in [-0.05, 0) is 43.7 Å². The van der Waals surface area contributed by atoms with Crippen LogP contribution < -0.4 is 0 Å². The first kappa shape index (κ1) is 14.0. The quantitative estimate of drug-likeness (QED) is 0.705. The molecule has 0 radical (unpaired) electrons. The van der Waals surface area contributed by atoms with Crippen molar-refractivity contribution in [2.45, 2.75) is 52.9 Å². The van der Waals surface area contributed by atoms with Gasteiger partial charge < -0.3 is 10.0 Å². The van der Waals surface area contributed by atoms with Gasteiger partial charge in [-0.15, -0.1) is 0 Å². The standard InChI is InChI=1S/C14H29NO/c1-14(2,3)13-8-10-15(12-13)9-6-4-5-7-11-16/h13,16H,4-12H2,1-3H3. The molecule has 2 heteroatoms. The lowest BCUT2D eigenvalue weighted by molar-refractivity contribution is 0.226. The normalized spacial score (nSPS) is 22.9. The molecule has 0 aliphatic carbocycles. The molecule has 1 N–H and O–H groups in total. The molecular formula is C14H29NO. The molecule has 1 heterocycles. The molecule has 0 spiro atoms. The minimum atomic E-state index is 0.357. The summed E-state index contributed by atoms with van der Waals surface area (Å²) in [5.74, 6) is 0.880. The van der Waals surface area contributed by atoms with E-state index in [4.69, 9.17) is 5.11 Å². The van der Waals surface area contributed by atoms with Crippen molar-refractivity contribution in [3.63, 3.8) is 0 Å². The third-order valence-corrected chi connectivity index (χ3v) is 3.88. The van der Waals surface area contributed by atoms with Gasteiger partial charge in [0.15, 0.2) is 0 Å². The van der Waals surface area contributed by atoms with Crippen LogP contribution in [0.4, 0.5) is 0 Å². The fourth-order valence-corrected chi connectivity index (χ4v) is 2.54. The Morgan fingerprint density at radius 2 is 1.81 bits per heavy atom. The topological polar surface area (TPSA) is 23.5 Å². The van der Waals surface area contributed by atoms with Crippen LogP contribution in [0.25, 0.3) is 0 Å². The van der Waals surface area contributed by atoms with Crippen molar-refractivity contribution in [2.24, 2.45) is 11.3 Å². The van der Waals surface area contributed by atoms with Gasteiger partial charge in [0.1, 0.15) is 0 Å². The van der Waals surface area contributed by atoms with E-state index >= 15 is 0 Å². The van der Waals surface area contributed by atoms with Crippen molar-refractivity contribution in [1.29, 1.82) is 0 Å². The van der Waals surface area contributed by atoms with Crippen molar-refractivity contribution >= 4 is 0 Å². The van der Waals surface area contributed by atoms with Gasteiger partial charge in [0.25, 0.3) is 0 Å². The van der Waals surface area contributed by atoms with Gasteiger partial charge in [-0.2, -0.15) is 0 Å². The molecule has 0 amide bonds. The number of rotatable bonds is 6. The van der Waals surface area contributed by atoms with Crippen LogP contribution in [0, 0.1) is 11.3 Å². The minimum Gasteiger partial charge on any atom is -0.396 e. The van der Waals surface area contributed by atoms with Gasteiger partial charge in [0.05, 0.1) is 0 Å². The molecule has 1 aliphatic rings. The number of aliphatic hydroxyl groups excluding tert-OH is 1. The summed E-state index contributed by atoms with van der Waals surface area (Å²) in [6.45, 7) is 11.3. The largest absolute Gasteiger partial charge is 0.396 e. The monoisotopic (exact) mass is 227 g/mol. The Morgan fingerprint density at radius 1 is 1.12 bits per heavy atom. The predicted octanol–water partition coefficient (Wildman–Crippen LogP) is 2.91. The molecule has 1 unspecified atom stereocenters. The molecule has 1 aliphatic heterocycles. The van der Waals surface area contributed by atoms with E-state index in [0.29, 0.717) is 12.0 Å². The second-order valence-corrected chi connectivity index (χ2v) is 6.29. The van der Waals surface area contributed by atoms with Crippen LogP contribution in [0.15, 0.2) is 0 Å². The number of nitrogens with zero attached hydrogens (tertiary/aromatic N) is 1. The van der Waals surface area contributed by atoms with E-state index in [0.717, 1.165) is 12.3 Å². The molecule has 0 aromatic rings. The highest BCUT2D eigenvalue weighted by Gasteiger charge is 2.31. The molecule has 1 fully saturated rings. The van der Waals surface area contributed by atoms with E-state index in [1.807, 2.05) is 0 Å². The SMILES string of the molecule is CC(C)(C)C1CCN(CCCCCCO)C1. The van der Waals surface area contributed by atoms with Gasteiger partial charge in [0, 0.05) is 13.2 Å². The summed E-state index contributed by atoms with van der Waals surface area (Å²) in [7, 11) is 0. The summed E-state index contributed by atoms with van der Waals surface area (Å²) in [5.41, 5.74) is 0.478. The first-order chi connectivity index (χ1) is 7.54. The predicted molar refractivity (Wildman–Crippen MR) is 69.6 cm³/mol. The van der Waals surface area contributed by atoms with Crippen LogP contribution in [0.1, 0.15) is 52.9 Å². The maximum absolute atomic E-state index is 8.69. The van der Waals surface area contributed by atoms with Crippen LogP contribution >= 0.6 is 0 Å². The van der Waals surface area contributed by atoms with E-state index in [1.54, 1.807) is 0 Å². The molecule has 1 atom stereocenters. The zero-order chi connectivity index (χ0) is 12.0. The first-order valence-electron chi connectivity index (χ1n) is 6.87. The molecule has 0 bridgehead atoms. The fraction of sp³-hybridized carbons (Fsp3) is 1.00. The molecule has 1 rings (SSSR count). The van der Waals surface area contributed by atoms with E-state index in [2.05, 4.69) is 25.7 Å². The summed E-state index contributed by atoms with van der Waals surface area (Å²) in [6.07, 6.45) is 6.12. The molecule has 96 valence electrons. The van der Waals surface area contributed by atoms with Crippen LogP contribution in [-0.2, 0) is 0 Å². The minimum absolute atomic E-state index is 0.357. The number of hydrogen-bond acceptors (Lipinski definition) is 2. The first-order valence-corrected chi connectivity index (χ1v) is 6.87. The Hall–Kier alpha value is -0.0800. The highest BCUT2D eigenvalue weighted by Crippen LogP contribution is 2.33. The van der Waals surface area contributed by atoms with Crippen LogP contribution in [0.3, 0.4) is 0 Å². The van der Waals surface area contributed by atoms with E-state index in [1.165, 1.54) is 45.3 Å². The molecule has 2 nitrogen and oxygen atoms in total. The average molecular weight is 227 g/mol. The van der Waals surface area contributed by atoms with E-state index in [9.17, 15) is 0 Å². The summed E-state index contributed by atoms with van der Waals surface area (Å²) in [4.78, 5) is 2.62. The summed E-state index contributed by atoms with van der Waals surface area (Å²) < 4.78 is 0. The number of unbranched alkanes of at least 4 members (excludes halogenated alkanes) is 3. The lowest BCUT2D eigenvalue weighted by atomic mass is 9.80. The molecule has 1 saturated heterocycles. The Bertz CT molecular complexity index is 186. The molecule has 0 aromatic carbocycles. The molecule has 0 aromatic heterocycles. The van der Waals surface area contributed by atoms with Crippen LogP contribution in [0.5, 0.6) is 0 Å². The van der Waals surface area contributed by atoms with Crippen molar-refractivity contribution < 1.29 is 5.11 Å². The lowest BCUT2D eigenvalue weighted by Gasteiger charge is -2.27. The highest BCUT2D eigenvalue weighted by atomic mass is 16.2. The van der Waals surface area contributed by atoms with Gasteiger partial charge in [0.2, 0.25) is 0 Å². The van der Waals surface area contributed by atoms with Gasteiger partial charge in [-0.1, -0.05) is 33.6 Å². The molecule has 16 heavy (non-hydrogen) atoms. The Labute approximate surface area is 101 Å². The number of aliphatic hydroxyl groups is 1.